The van der Waals surface area contributed by atoms with Gasteiger partial charge < -0.3 is 20.7 Å². The second kappa shape index (κ2) is 8.57. The van der Waals surface area contributed by atoms with Crippen molar-refractivity contribution in [2.24, 2.45) is 0 Å². The van der Waals surface area contributed by atoms with Crippen LogP contribution in [-0.4, -0.2) is 25.1 Å². The third-order valence-electron chi connectivity index (χ3n) is 3.15. The summed E-state index contributed by atoms with van der Waals surface area (Å²) >= 11 is 0. The molecule has 0 spiro atoms. The molecule has 0 atom stereocenters. The molecule has 2 aromatic rings. The minimum absolute atomic E-state index is 0.128. The van der Waals surface area contributed by atoms with Gasteiger partial charge in [0.15, 0.2) is 0 Å². The van der Waals surface area contributed by atoms with Crippen LogP contribution >= 0.6 is 0 Å². The second-order valence-corrected chi connectivity index (χ2v) is 5.15. The lowest BCUT2D eigenvalue weighted by Crippen LogP contribution is -2.35. The predicted molar refractivity (Wildman–Crippen MR) is 94.4 cm³/mol. The van der Waals surface area contributed by atoms with Crippen molar-refractivity contribution < 1.29 is 14.3 Å². The van der Waals surface area contributed by atoms with Gasteiger partial charge in [-0.2, -0.15) is 0 Å². The largest absolute Gasteiger partial charge is 0.492 e. The van der Waals surface area contributed by atoms with Gasteiger partial charge in [-0.3, -0.25) is 4.79 Å². The highest BCUT2D eigenvalue weighted by atomic mass is 16.5. The van der Waals surface area contributed by atoms with Crippen LogP contribution in [0.5, 0.6) is 5.75 Å². The van der Waals surface area contributed by atoms with E-state index in [4.69, 9.17) is 4.74 Å². The summed E-state index contributed by atoms with van der Waals surface area (Å²) in [6.07, 6.45) is 0. The molecule has 0 aromatic heterocycles. The molecule has 0 radical (unpaired) electrons. The Hall–Kier alpha value is -3.02. The Balaban J connectivity index is 1.84. The zero-order valence-electron chi connectivity index (χ0n) is 13.8. The van der Waals surface area contributed by atoms with Gasteiger partial charge in [0, 0.05) is 5.69 Å². The number of anilines is 2. The highest BCUT2D eigenvalue weighted by Gasteiger charge is 2.09. The van der Waals surface area contributed by atoms with E-state index < -0.39 is 6.03 Å². The average Bonchev–Trinajstić information content (AvgIpc) is 2.55. The lowest BCUT2D eigenvalue weighted by Gasteiger charge is -2.12. The quantitative estimate of drug-likeness (QED) is 0.762. The van der Waals surface area contributed by atoms with Crippen molar-refractivity contribution in [3.63, 3.8) is 0 Å². The first-order valence-electron chi connectivity index (χ1n) is 7.71. The van der Waals surface area contributed by atoms with E-state index >= 15 is 0 Å². The van der Waals surface area contributed by atoms with Crippen LogP contribution in [0.1, 0.15) is 12.5 Å². The smallest absolute Gasteiger partial charge is 0.319 e. The fraction of sp³-hybridized carbons (Fsp3) is 0.222. The fourth-order valence-corrected chi connectivity index (χ4v) is 2.11. The van der Waals surface area contributed by atoms with Crippen molar-refractivity contribution in [2.75, 3.05) is 23.8 Å². The highest BCUT2D eigenvalue weighted by molar-refractivity contribution is 5.97. The minimum atomic E-state index is -0.471. The molecule has 3 N–H and O–H groups in total. The maximum absolute atomic E-state index is 11.9. The molecule has 0 aliphatic heterocycles. The lowest BCUT2D eigenvalue weighted by atomic mass is 10.2. The number of amides is 3. The molecular weight excluding hydrogens is 306 g/mol. The number of hydrogen-bond acceptors (Lipinski definition) is 3. The summed E-state index contributed by atoms with van der Waals surface area (Å²) in [7, 11) is 0. The van der Waals surface area contributed by atoms with Crippen molar-refractivity contribution in [3.8, 4) is 5.75 Å². The number of nitrogens with one attached hydrogen (secondary N) is 3. The highest BCUT2D eigenvalue weighted by Crippen LogP contribution is 2.23. The second-order valence-electron chi connectivity index (χ2n) is 5.15. The van der Waals surface area contributed by atoms with E-state index in [0.717, 1.165) is 5.56 Å². The third kappa shape index (κ3) is 5.31. The molecule has 3 amide bonds. The number of benzene rings is 2. The molecule has 2 rings (SSSR count). The monoisotopic (exact) mass is 327 g/mol. The first kappa shape index (κ1) is 17.3. The molecular formula is C18H21N3O3. The number of carbonyl (C=O) groups is 2. The topological polar surface area (TPSA) is 79.5 Å². The molecule has 126 valence electrons. The first-order valence-corrected chi connectivity index (χ1v) is 7.71. The van der Waals surface area contributed by atoms with E-state index in [0.29, 0.717) is 23.7 Å². The van der Waals surface area contributed by atoms with Crippen LogP contribution in [0.2, 0.25) is 0 Å². The molecule has 0 saturated carbocycles. The van der Waals surface area contributed by atoms with Crippen LogP contribution in [0, 0.1) is 6.92 Å². The fourth-order valence-electron chi connectivity index (χ4n) is 2.11. The van der Waals surface area contributed by atoms with Gasteiger partial charge in [0.25, 0.3) is 0 Å². The molecule has 0 fully saturated rings. The predicted octanol–water partition coefficient (Wildman–Crippen LogP) is 3.15. The number of para-hydroxylation sites is 2. The Labute approximate surface area is 141 Å². The maximum atomic E-state index is 11.9. The van der Waals surface area contributed by atoms with Crippen LogP contribution in [0.4, 0.5) is 16.2 Å². The summed E-state index contributed by atoms with van der Waals surface area (Å²) in [6, 6.07) is 14.1. The Morgan fingerprint density at radius 2 is 1.83 bits per heavy atom. The number of urea groups is 1. The van der Waals surface area contributed by atoms with Crippen LogP contribution in [-0.2, 0) is 4.79 Å². The van der Waals surface area contributed by atoms with Crippen molar-refractivity contribution in [3.05, 3.63) is 54.1 Å². The van der Waals surface area contributed by atoms with Gasteiger partial charge in [-0.05, 0) is 43.7 Å². The van der Waals surface area contributed by atoms with Gasteiger partial charge in [0.1, 0.15) is 5.75 Å². The third-order valence-corrected chi connectivity index (χ3v) is 3.15. The van der Waals surface area contributed by atoms with Gasteiger partial charge in [-0.25, -0.2) is 4.79 Å². The summed E-state index contributed by atoms with van der Waals surface area (Å²) in [4.78, 5) is 23.8. The maximum Gasteiger partial charge on any atom is 0.319 e. The normalized spacial score (nSPS) is 9.92. The van der Waals surface area contributed by atoms with Gasteiger partial charge in [0.2, 0.25) is 5.91 Å². The van der Waals surface area contributed by atoms with Gasteiger partial charge in [-0.15, -0.1) is 0 Å². The number of aryl methyl sites for hydroxylation is 1. The summed E-state index contributed by atoms with van der Waals surface area (Å²) in [5.41, 5.74) is 2.30. The van der Waals surface area contributed by atoms with Crippen molar-refractivity contribution in [2.45, 2.75) is 13.8 Å². The van der Waals surface area contributed by atoms with Crippen LogP contribution in [0.15, 0.2) is 48.5 Å². The SMILES string of the molecule is CCOc1ccccc1NC(=O)NCC(=O)Nc1cccc(C)c1. The van der Waals surface area contributed by atoms with Crippen LogP contribution < -0.4 is 20.7 Å². The molecule has 0 unspecified atom stereocenters. The van der Waals surface area contributed by atoms with E-state index in [1.807, 2.05) is 38.1 Å². The Kier molecular flexibility index (Phi) is 6.19. The van der Waals surface area contributed by atoms with E-state index in [1.54, 1.807) is 24.3 Å². The van der Waals surface area contributed by atoms with E-state index in [2.05, 4.69) is 16.0 Å². The number of hydrogen-bond donors (Lipinski definition) is 3. The lowest BCUT2D eigenvalue weighted by molar-refractivity contribution is -0.115. The molecule has 24 heavy (non-hydrogen) atoms. The molecule has 6 nitrogen and oxygen atoms in total. The minimum Gasteiger partial charge on any atom is -0.492 e. The van der Waals surface area contributed by atoms with Crippen molar-refractivity contribution >= 4 is 23.3 Å². The number of carbonyl (C=O) groups excluding carboxylic acids is 2. The summed E-state index contributed by atoms with van der Waals surface area (Å²) < 4.78 is 5.43. The van der Waals surface area contributed by atoms with Crippen LogP contribution in [0.3, 0.4) is 0 Å². The van der Waals surface area contributed by atoms with Crippen molar-refractivity contribution in [1.29, 1.82) is 0 Å². The molecule has 0 heterocycles. The number of rotatable bonds is 6. The van der Waals surface area contributed by atoms with Crippen molar-refractivity contribution in [1.82, 2.24) is 5.32 Å². The van der Waals surface area contributed by atoms with Gasteiger partial charge in [-0.1, -0.05) is 24.3 Å². The zero-order chi connectivity index (χ0) is 17.4. The molecule has 2 aromatic carbocycles. The summed E-state index contributed by atoms with van der Waals surface area (Å²) in [6.45, 7) is 4.18. The Morgan fingerprint density at radius 1 is 1.04 bits per heavy atom. The molecule has 0 aliphatic carbocycles. The molecule has 0 bridgehead atoms. The van der Waals surface area contributed by atoms with E-state index in [9.17, 15) is 9.59 Å². The summed E-state index contributed by atoms with van der Waals surface area (Å²) in [5.74, 6) is 0.285. The van der Waals surface area contributed by atoms with E-state index in [1.165, 1.54) is 0 Å². The zero-order valence-corrected chi connectivity index (χ0v) is 13.8. The van der Waals surface area contributed by atoms with E-state index in [-0.39, 0.29) is 12.5 Å². The average molecular weight is 327 g/mol. The number of ether oxygens (including phenoxy) is 1. The molecule has 6 heteroatoms. The Bertz CT molecular complexity index is 716. The standard InChI is InChI=1S/C18H21N3O3/c1-3-24-16-10-5-4-9-15(16)21-18(23)19-12-17(22)20-14-8-6-7-13(2)11-14/h4-11H,3,12H2,1-2H3,(H,20,22)(H2,19,21,23). The Morgan fingerprint density at radius 3 is 2.58 bits per heavy atom. The first-order chi connectivity index (χ1) is 11.6. The summed E-state index contributed by atoms with van der Waals surface area (Å²) in [5, 5.41) is 7.91. The molecule has 0 saturated heterocycles. The van der Waals surface area contributed by atoms with Gasteiger partial charge in [0.05, 0.1) is 18.8 Å². The molecule has 0 aliphatic rings. The van der Waals surface area contributed by atoms with Gasteiger partial charge >= 0.3 is 6.03 Å². The van der Waals surface area contributed by atoms with Crippen LogP contribution in [0.25, 0.3) is 0 Å².